The smallest absolute Gasteiger partial charge is 0.189 e. The molecule has 0 aliphatic carbocycles. The average Bonchev–Trinajstić information content (AvgIpc) is 2.10. The lowest BCUT2D eigenvalue weighted by atomic mass is 9.95. The molecule has 0 spiro atoms. The zero-order valence-corrected chi connectivity index (χ0v) is 9.88. The summed E-state index contributed by atoms with van der Waals surface area (Å²) in [5, 5.41) is 0. The maximum absolute atomic E-state index is 10.4. The van der Waals surface area contributed by atoms with Crippen LogP contribution in [-0.4, -0.2) is 11.1 Å². The minimum atomic E-state index is -2.20. The van der Waals surface area contributed by atoms with Gasteiger partial charge in [0.25, 0.3) is 0 Å². The first-order valence-corrected chi connectivity index (χ1v) is 6.98. The van der Waals surface area contributed by atoms with Crippen molar-refractivity contribution in [1.29, 1.82) is 0 Å². The maximum atomic E-state index is 10.4. The quantitative estimate of drug-likeness (QED) is 0.488. The molecule has 0 amide bonds. The highest BCUT2D eigenvalue weighted by molar-refractivity contribution is 7.37. The standard InChI is InChI=1S/C10H23O2P/c1-3-7-10(4-2)8-5-6-9-13(11)12/h10,13H,3-9H2,1-2H3,(H,11,12). The predicted octanol–water partition coefficient (Wildman–Crippen LogP) is 3.45. The van der Waals surface area contributed by atoms with Gasteiger partial charge in [-0.2, -0.15) is 0 Å². The summed E-state index contributed by atoms with van der Waals surface area (Å²) in [6.07, 6.45) is 7.62. The van der Waals surface area contributed by atoms with E-state index in [0.717, 1.165) is 18.8 Å². The highest BCUT2D eigenvalue weighted by atomic mass is 31.1. The molecular formula is C10H23O2P. The van der Waals surface area contributed by atoms with E-state index in [0.29, 0.717) is 6.16 Å². The lowest BCUT2D eigenvalue weighted by Gasteiger charge is -2.12. The summed E-state index contributed by atoms with van der Waals surface area (Å²) < 4.78 is 10.4. The third-order valence-electron chi connectivity index (χ3n) is 2.53. The first-order valence-electron chi connectivity index (χ1n) is 5.42. The van der Waals surface area contributed by atoms with Crippen LogP contribution >= 0.6 is 8.03 Å². The van der Waals surface area contributed by atoms with Gasteiger partial charge in [0.1, 0.15) is 0 Å². The SMILES string of the molecule is CCCC(CC)CCCC[PH](=O)O. The Hall–Kier alpha value is 0.190. The molecule has 0 aromatic rings. The predicted molar refractivity (Wildman–Crippen MR) is 58.6 cm³/mol. The van der Waals surface area contributed by atoms with Crippen molar-refractivity contribution in [2.45, 2.75) is 52.4 Å². The molecule has 0 aromatic carbocycles. The summed E-state index contributed by atoms with van der Waals surface area (Å²) in [7, 11) is -2.20. The summed E-state index contributed by atoms with van der Waals surface area (Å²) in [5.41, 5.74) is 0. The Morgan fingerprint density at radius 2 is 1.92 bits per heavy atom. The Balaban J connectivity index is 3.32. The van der Waals surface area contributed by atoms with E-state index in [9.17, 15) is 4.57 Å². The van der Waals surface area contributed by atoms with Crippen LogP contribution < -0.4 is 0 Å². The highest BCUT2D eigenvalue weighted by Crippen LogP contribution is 2.21. The van der Waals surface area contributed by atoms with Crippen molar-refractivity contribution >= 4 is 8.03 Å². The van der Waals surface area contributed by atoms with E-state index in [4.69, 9.17) is 4.89 Å². The van der Waals surface area contributed by atoms with Crippen LogP contribution in [0.5, 0.6) is 0 Å². The Morgan fingerprint density at radius 1 is 1.23 bits per heavy atom. The molecule has 13 heavy (non-hydrogen) atoms. The Morgan fingerprint density at radius 3 is 2.38 bits per heavy atom. The van der Waals surface area contributed by atoms with Crippen LogP contribution in [0.4, 0.5) is 0 Å². The van der Waals surface area contributed by atoms with Crippen molar-refractivity contribution in [2.24, 2.45) is 5.92 Å². The van der Waals surface area contributed by atoms with Gasteiger partial charge in [-0.15, -0.1) is 0 Å². The van der Waals surface area contributed by atoms with Gasteiger partial charge in [-0.3, -0.25) is 4.57 Å². The van der Waals surface area contributed by atoms with E-state index < -0.39 is 8.03 Å². The molecule has 0 heterocycles. The highest BCUT2D eigenvalue weighted by Gasteiger charge is 2.04. The van der Waals surface area contributed by atoms with Crippen LogP contribution in [0.3, 0.4) is 0 Å². The van der Waals surface area contributed by atoms with Crippen molar-refractivity contribution in [2.75, 3.05) is 6.16 Å². The first kappa shape index (κ1) is 13.2. The molecule has 0 aliphatic heterocycles. The van der Waals surface area contributed by atoms with Crippen LogP contribution in [0.25, 0.3) is 0 Å². The van der Waals surface area contributed by atoms with Crippen molar-refractivity contribution in [3.05, 3.63) is 0 Å². The summed E-state index contributed by atoms with van der Waals surface area (Å²) in [6.45, 7) is 4.45. The first-order chi connectivity index (χ1) is 6.20. The fourth-order valence-electron chi connectivity index (χ4n) is 1.67. The fraction of sp³-hybridized carbons (Fsp3) is 1.00. The van der Waals surface area contributed by atoms with Gasteiger partial charge in [-0.1, -0.05) is 46.0 Å². The lowest BCUT2D eigenvalue weighted by Crippen LogP contribution is -1.98. The molecule has 0 saturated heterocycles. The van der Waals surface area contributed by atoms with Crippen LogP contribution in [0.1, 0.15) is 52.4 Å². The zero-order chi connectivity index (χ0) is 10.1. The molecule has 1 N–H and O–H groups in total. The molecule has 0 fully saturated rings. The summed E-state index contributed by atoms with van der Waals surface area (Å²) in [6, 6.07) is 0. The van der Waals surface area contributed by atoms with E-state index in [2.05, 4.69) is 13.8 Å². The molecule has 0 radical (unpaired) electrons. The van der Waals surface area contributed by atoms with E-state index in [-0.39, 0.29) is 0 Å². The largest absolute Gasteiger partial charge is 0.346 e. The van der Waals surface area contributed by atoms with E-state index >= 15 is 0 Å². The number of hydrogen-bond donors (Lipinski definition) is 1. The van der Waals surface area contributed by atoms with Gasteiger partial charge in [0.2, 0.25) is 0 Å². The van der Waals surface area contributed by atoms with Gasteiger partial charge in [0.15, 0.2) is 8.03 Å². The molecule has 2 nitrogen and oxygen atoms in total. The van der Waals surface area contributed by atoms with Crippen molar-refractivity contribution < 1.29 is 9.46 Å². The van der Waals surface area contributed by atoms with Gasteiger partial charge in [-0.25, -0.2) is 0 Å². The van der Waals surface area contributed by atoms with Gasteiger partial charge in [0, 0.05) is 6.16 Å². The number of rotatable bonds is 8. The second kappa shape index (κ2) is 8.77. The molecule has 0 rings (SSSR count). The van der Waals surface area contributed by atoms with Crippen molar-refractivity contribution in [1.82, 2.24) is 0 Å². The monoisotopic (exact) mass is 206 g/mol. The summed E-state index contributed by atoms with van der Waals surface area (Å²) in [4.78, 5) is 8.62. The van der Waals surface area contributed by atoms with Gasteiger partial charge in [0.05, 0.1) is 0 Å². The second-order valence-corrected chi connectivity index (χ2v) is 4.99. The minimum absolute atomic E-state index is 0.521. The molecule has 2 atom stereocenters. The topological polar surface area (TPSA) is 37.3 Å². The maximum Gasteiger partial charge on any atom is 0.189 e. The number of unbranched alkanes of at least 4 members (excludes halogenated alkanes) is 1. The molecule has 80 valence electrons. The third kappa shape index (κ3) is 8.52. The lowest BCUT2D eigenvalue weighted by molar-refractivity contribution is 0.416. The van der Waals surface area contributed by atoms with Gasteiger partial charge >= 0.3 is 0 Å². The zero-order valence-electron chi connectivity index (χ0n) is 8.88. The van der Waals surface area contributed by atoms with Gasteiger partial charge in [-0.05, 0) is 12.3 Å². The Bertz CT molecular complexity index is 137. The molecule has 0 aromatic heterocycles. The molecule has 0 bridgehead atoms. The normalized spacial score (nSPS) is 15.6. The molecule has 3 heteroatoms. The van der Waals surface area contributed by atoms with E-state index in [1.54, 1.807) is 0 Å². The molecule has 0 saturated carbocycles. The Kier molecular flexibility index (Phi) is 8.90. The fourth-order valence-corrected chi connectivity index (χ4v) is 2.22. The van der Waals surface area contributed by atoms with Crippen LogP contribution in [0, 0.1) is 5.92 Å². The Labute approximate surface area is 82.6 Å². The van der Waals surface area contributed by atoms with Crippen LogP contribution in [-0.2, 0) is 4.57 Å². The van der Waals surface area contributed by atoms with Crippen LogP contribution in [0.2, 0.25) is 0 Å². The average molecular weight is 206 g/mol. The van der Waals surface area contributed by atoms with Crippen molar-refractivity contribution in [3.8, 4) is 0 Å². The van der Waals surface area contributed by atoms with E-state index in [1.165, 1.54) is 25.7 Å². The second-order valence-electron chi connectivity index (χ2n) is 3.70. The molecule has 0 aliphatic rings. The van der Waals surface area contributed by atoms with E-state index in [1.807, 2.05) is 0 Å². The summed E-state index contributed by atoms with van der Waals surface area (Å²) in [5.74, 6) is 0.839. The summed E-state index contributed by atoms with van der Waals surface area (Å²) >= 11 is 0. The van der Waals surface area contributed by atoms with Crippen LogP contribution in [0.15, 0.2) is 0 Å². The van der Waals surface area contributed by atoms with Crippen molar-refractivity contribution in [3.63, 3.8) is 0 Å². The third-order valence-corrected chi connectivity index (χ3v) is 3.31. The number of hydrogen-bond acceptors (Lipinski definition) is 1. The minimum Gasteiger partial charge on any atom is -0.346 e. The molecular weight excluding hydrogens is 183 g/mol. The van der Waals surface area contributed by atoms with Gasteiger partial charge < -0.3 is 4.89 Å². The molecule has 2 unspecified atom stereocenters.